The highest BCUT2D eigenvalue weighted by Gasteiger charge is 2.21. The number of hydrogen-bond acceptors (Lipinski definition) is 5. The van der Waals surface area contributed by atoms with Gasteiger partial charge in [-0.2, -0.15) is 0 Å². The number of nitrogens with one attached hydrogen (secondary N) is 1. The van der Waals surface area contributed by atoms with Crippen molar-refractivity contribution >= 4 is 23.7 Å². The van der Waals surface area contributed by atoms with Gasteiger partial charge in [-0.3, -0.25) is 9.88 Å². The van der Waals surface area contributed by atoms with Gasteiger partial charge in [0.05, 0.1) is 11.4 Å². The van der Waals surface area contributed by atoms with Crippen molar-refractivity contribution in [2.75, 3.05) is 20.1 Å². The highest BCUT2D eigenvalue weighted by Crippen LogP contribution is 2.22. The summed E-state index contributed by atoms with van der Waals surface area (Å²) in [5.41, 5.74) is 2.12. The lowest BCUT2D eigenvalue weighted by Crippen LogP contribution is -2.29. The molecule has 1 atom stereocenters. The van der Waals surface area contributed by atoms with Crippen molar-refractivity contribution in [2.45, 2.75) is 19.0 Å². The zero-order valence-electron chi connectivity index (χ0n) is 11.5. The summed E-state index contributed by atoms with van der Waals surface area (Å²) in [6.45, 7) is 3.22. The molecule has 6 heteroatoms. The molecule has 1 fully saturated rings. The third-order valence-electron chi connectivity index (χ3n) is 3.50. The first-order chi connectivity index (χ1) is 9.35. The van der Waals surface area contributed by atoms with E-state index in [2.05, 4.69) is 25.6 Å². The number of likely N-dealkylation sites (tertiary alicyclic amines) is 1. The van der Waals surface area contributed by atoms with Crippen molar-refractivity contribution in [3.05, 3.63) is 35.5 Å². The average Bonchev–Trinajstić information content (AvgIpc) is 3.09. The molecule has 0 spiro atoms. The minimum atomic E-state index is 0. The van der Waals surface area contributed by atoms with E-state index >= 15 is 0 Å². The monoisotopic (exact) mass is 310 g/mol. The quantitative estimate of drug-likeness (QED) is 0.941. The van der Waals surface area contributed by atoms with Crippen LogP contribution in [0.5, 0.6) is 0 Å². The second-order valence-electron chi connectivity index (χ2n) is 4.87. The van der Waals surface area contributed by atoms with Crippen LogP contribution in [0.4, 0.5) is 0 Å². The molecule has 108 valence electrons. The van der Waals surface area contributed by atoms with Gasteiger partial charge in [0.15, 0.2) is 0 Å². The maximum atomic E-state index is 4.69. The molecule has 0 saturated carbocycles. The number of pyridine rings is 1. The van der Waals surface area contributed by atoms with Gasteiger partial charge >= 0.3 is 0 Å². The summed E-state index contributed by atoms with van der Waals surface area (Å²) < 4.78 is 0. The number of halogens is 1. The van der Waals surface area contributed by atoms with E-state index in [4.69, 9.17) is 0 Å². The molecule has 0 aliphatic carbocycles. The molecule has 1 saturated heterocycles. The highest BCUT2D eigenvalue weighted by atomic mass is 35.5. The molecule has 0 bridgehead atoms. The fourth-order valence-electron chi connectivity index (χ4n) is 2.43. The van der Waals surface area contributed by atoms with Crippen LogP contribution in [0.3, 0.4) is 0 Å². The number of rotatable bonds is 4. The summed E-state index contributed by atoms with van der Waals surface area (Å²) in [6, 6.07) is 6.57. The van der Waals surface area contributed by atoms with E-state index in [1.165, 1.54) is 6.42 Å². The van der Waals surface area contributed by atoms with Gasteiger partial charge in [0.2, 0.25) is 0 Å². The van der Waals surface area contributed by atoms with E-state index in [9.17, 15) is 0 Å². The standard InChI is InChI=1S/C14H18N4S.ClH/c1-15-11-5-7-18(8-11)9-12-10-19-14(17-12)13-4-2-3-6-16-13;/h2-4,6,10-11,15H,5,7-9H2,1H3;1H. The van der Waals surface area contributed by atoms with Gasteiger partial charge in [0.1, 0.15) is 5.01 Å². The number of thiazole rings is 1. The Balaban J connectivity index is 0.00000147. The van der Waals surface area contributed by atoms with Crippen molar-refractivity contribution in [3.63, 3.8) is 0 Å². The zero-order chi connectivity index (χ0) is 13.1. The predicted molar refractivity (Wildman–Crippen MR) is 85.3 cm³/mol. The van der Waals surface area contributed by atoms with Crippen LogP contribution in [0.2, 0.25) is 0 Å². The predicted octanol–water partition coefficient (Wildman–Crippen LogP) is 2.42. The minimum absolute atomic E-state index is 0. The molecular weight excluding hydrogens is 292 g/mol. The van der Waals surface area contributed by atoms with Gasteiger partial charge in [-0.15, -0.1) is 23.7 Å². The van der Waals surface area contributed by atoms with Gasteiger partial charge < -0.3 is 5.32 Å². The van der Waals surface area contributed by atoms with Gasteiger partial charge in [0.25, 0.3) is 0 Å². The van der Waals surface area contributed by atoms with Crippen LogP contribution < -0.4 is 5.32 Å². The number of hydrogen-bond donors (Lipinski definition) is 1. The van der Waals surface area contributed by atoms with E-state index in [1.54, 1.807) is 11.3 Å². The fourth-order valence-corrected chi connectivity index (χ4v) is 3.21. The Morgan fingerprint density at radius 1 is 1.45 bits per heavy atom. The Kier molecular flexibility index (Phi) is 5.48. The first-order valence-electron chi connectivity index (χ1n) is 6.60. The molecule has 2 aromatic rings. The summed E-state index contributed by atoms with van der Waals surface area (Å²) in [5.74, 6) is 0. The Morgan fingerprint density at radius 2 is 2.35 bits per heavy atom. The van der Waals surface area contributed by atoms with Crippen LogP contribution in [0.15, 0.2) is 29.8 Å². The van der Waals surface area contributed by atoms with Crippen molar-refractivity contribution in [2.24, 2.45) is 0 Å². The average molecular weight is 311 g/mol. The molecule has 0 amide bonds. The second kappa shape index (κ2) is 7.13. The molecule has 1 aliphatic rings. The zero-order valence-corrected chi connectivity index (χ0v) is 13.1. The van der Waals surface area contributed by atoms with Crippen molar-refractivity contribution in [1.29, 1.82) is 0 Å². The lowest BCUT2D eigenvalue weighted by atomic mass is 10.3. The van der Waals surface area contributed by atoms with Gasteiger partial charge in [-0.25, -0.2) is 4.98 Å². The first kappa shape index (κ1) is 15.4. The SMILES string of the molecule is CNC1CCN(Cc2csc(-c3ccccn3)n2)C1.Cl. The largest absolute Gasteiger partial charge is 0.316 e. The third-order valence-corrected chi connectivity index (χ3v) is 4.42. The molecular formula is C14H19ClN4S. The molecule has 0 radical (unpaired) electrons. The topological polar surface area (TPSA) is 41.0 Å². The normalized spacial score (nSPS) is 18.9. The number of likely N-dealkylation sites (N-methyl/N-ethyl adjacent to an activating group) is 1. The molecule has 1 aliphatic heterocycles. The van der Waals surface area contributed by atoms with Crippen molar-refractivity contribution < 1.29 is 0 Å². The van der Waals surface area contributed by atoms with Crippen LogP contribution >= 0.6 is 23.7 Å². The molecule has 1 unspecified atom stereocenters. The number of nitrogens with zero attached hydrogens (tertiary/aromatic N) is 3. The maximum absolute atomic E-state index is 4.69. The lowest BCUT2D eigenvalue weighted by Gasteiger charge is -2.13. The van der Waals surface area contributed by atoms with Crippen LogP contribution in [0.1, 0.15) is 12.1 Å². The highest BCUT2D eigenvalue weighted by molar-refractivity contribution is 7.13. The molecule has 1 N–H and O–H groups in total. The third kappa shape index (κ3) is 3.55. The summed E-state index contributed by atoms with van der Waals surface area (Å²) in [4.78, 5) is 11.5. The summed E-state index contributed by atoms with van der Waals surface area (Å²) in [6.07, 6.45) is 3.04. The summed E-state index contributed by atoms with van der Waals surface area (Å²) in [5, 5.41) is 6.50. The van der Waals surface area contributed by atoms with Gasteiger partial charge in [-0.1, -0.05) is 6.07 Å². The Bertz CT molecular complexity index is 531. The Hall–Kier alpha value is -1.01. The maximum Gasteiger partial charge on any atom is 0.142 e. The van der Waals surface area contributed by atoms with Crippen molar-refractivity contribution in [3.8, 4) is 10.7 Å². The van der Waals surface area contributed by atoms with Gasteiger partial charge in [0, 0.05) is 37.3 Å². The summed E-state index contributed by atoms with van der Waals surface area (Å²) >= 11 is 1.68. The Labute approximate surface area is 129 Å². The van der Waals surface area contributed by atoms with Crippen LogP contribution in [-0.4, -0.2) is 41.0 Å². The second-order valence-corrected chi connectivity index (χ2v) is 5.73. The lowest BCUT2D eigenvalue weighted by molar-refractivity contribution is 0.319. The smallest absolute Gasteiger partial charge is 0.142 e. The van der Waals surface area contributed by atoms with E-state index in [1.807, 2.05) is 31.4 Å². The number of aromatic nitrogens is 2. The summed E-state index contributed by atoms with van der Waals surface area (Å²) in [7, 11) is 2.04. The van der Waals surface area contributed by atoms with Crippen LogP contribution in [0.25, 0.3) is 10.7 Å². The van der Waals surface area contributed by atoms with Crippen molar-refractivity contribution in [1.82, 2.24) is 20.2 Å². The molecule has 20 heavy (non-hydrogen) atoms. The molecule has 3 rings (SSSR count). The molecule has 0 aromatic carbocycles. The minimum Gasteiger partial charge on any atom is -0.316 e. The molecule has 3 heterocycles. The van der Waals surface area contributed by atoms with E-state index in [0.29, 0.717) is 6.04 Å². The van der Waals surface area contributed by atoms with Crippen LogP contribution in [-0.2, 0) is 6.54 Å². The fraction of sp³-hybridized carbons (Fsp3) is 0.429. The van der Waals surface area contributed by atoms with E-state index in [0.717, 1.165) is 36.0 Å². The first-order valence-corrected chi connectivity index (χ1v) is 7.48. The van der Waals surface area contributed by atoms with E-state index < -0.39 is 0 Å². The molecule has 4 nitrogen and oxygen atoms in total. The van der Waals surface area contributed by atoms with Gasteiger partial charge in [-0.05, 0) is 25.6 Å². The molecule has 2 aromatic heterocycles. The Morgan fingerprint density at radius 3 is 3.05 bits per heavy atom. The van der Waals surface area contributed by atoms with Crippen LogP contribution in [0, 0.1) is 0 Å². The van der Waals surface area contributed by atoms with E-state index in [-0.39, 0.29) is 12.4 Å².